The van der Waals surface area contributed by atoms with Crippen LogP contribution in [0.25, 0.3) is 10.2 Å². The topological polar surface area (TPSA) is 45.2 Å². The van der Waals surface area contributed by atoms with E-state index in [4.69, 9.17) is 11.6 Å². The molecule has 0 radical (unpaired) electrons. The van der Waals surface area contributed by atoms with Crippen molar-refractivity contribution in [2.24, 2.45) is 0 Å². The van der Waals surface area contributed by atoms with E-state index in [0.29, 0.717) is 16.1 Å². The Kier molecular flexibility index (Phi) is 3.81. The third kappa shape index (κ3) is 2.36. The SMILES string of the molecule is CNC(=O)c1csc2c(Cl)cc(N3CCCCC3)nc12. The highest BCUT2D eigenvalue weighted by molar-refractivity contribution is 7.18. The van der Waals surface area contributed by atoms with Crippen LogP contribution in [0.3, 0.4) is 0 Å². The summed E-state index contributed by atoms with van der Waals surface area (Å²) in [6.07, 6.45) is 3.64. The Morgan fingerprint density at radius 2 is 2.15 bits per heavy atom. The molecule has 6 heteroatoms. The van der Waals surface area contributed by atoms with Gasteiger partial charge in [0.25, 0.3) is 5.91 Å². The van der Waals surface area contributed by atoms with Gasteiger partial charge in [-0.1, -0.05) is 11.6 Å². The molecule has 0 spiro atoms. The van der Waals surface area contributed by atoms with Crippen molar-refractivity contribution in [3.63, 3.8) is 0 Å². The Balaban J connectivity index is 2.08. The van der Waals surface area contributed by atoms with Gasteiger partial charge in [0.15, 0.2) is 0 Å². The lowest BCUT2D eigenvalue weighted by Gasteiger charge is -2.27. The molecule has 2 aromatic heterocycles. The number of anilines is 1. The zero-order chi connectivity index (χ0) is 14.1. The van der Waals surface area contributed by atoms with Crippen molar-refractivity contribution < 1.29 is 4.79 Å². The fourth-order valence-electron chi connectivity index (χ4n) is 2.54. The fourth-order valence-corrected chi connectivity index (χ4v) is 3.75. The summed E-state index contributed by atoms with van der Waals surface area (Å²) in [6, 6.07) is 1.92. The molecule has 1 saturated heterocycles. The zero-order valence-corrected chi connectivity index (χ0v) is 12.9. The number of carbonyl (C=O) groups is 1. The lowest BCUT2D eigenvalue weighted by atomic mass is 10.1. The molecule has 0 atom stereocenters. The van der Waals surface area contributed by atoms with E-state index in [2.05, 4.69) is 15.2 Å². The molecule has 1 aliphatic rings. The molecule has 1 amide bonds. The van der Waals surface area contributed by atoms with Gasteiger partial charge in [0.1, 0.15) is 5.82 Å². The van der Waals surface area contributed by atoms with Crippen LogP contribution in [-0.2, 0) is 0 Å². The van der Waals surface area contributed by atoms with E-state index in [1.165, 1.54) is 30.6 Å². The molecule has 20 heavy (non-hydrogen) atoms. The monoisotopic (exact) mass is 309 g/mol. The number of aromatic nitrogens is 1. The van der Waals surface area contributed by atoms with Gasteiger partial charge in [-0.15, -0.1) is 11.3 Å². The molecule has 1 aliphatic heterocycles. The molecule has 0 bridgehead atoms. The molecule has 4 nitrogen and oxygen atoms in total. The molecule has 0 saturated carbocycles. The molecule has 3 heterocycles. The molecule has 1 fully saturated rings. The lowest BCUT2D eigenvalue weighted by molar-refractivity contribution is 0.0965. The maximum absolute atomic E-state index is 11.9. The third-order valence-corrected chi connectivity index (χ3v) is 5.03. The lowest BCUT2D eigenvalue weighted by Crippen LogP contribution is -2.30. The first-order chi connectivity index (χ1) is 9.70. The molecule has 2 aromatic rings. The largest absolute Gasteiger partial charge is 0.357 e. The predicted octanol–water partition coefficient (Wildman–Crippen LogP) is 3.30. The van der Waals surface area contributed by atoms with E-state index in [1.54, 1.807) is 7.05 Å². The summed E-state index contributed by atoms with van der Waals surface area (Å²) >= 11 is 7.82. The number of nitrogens with zero attached hydrogens (tertiary/aromatic N) is 2. The number of nitrogens with one attached hydrogen (secondary N) is 1. The molecule has 3 rings (SSSR count). The maximum atomic E-state index is 11.9. The molecule has 0 unspecified atom stereocenters. The number of hydrogen-bond acceptors (Lipinski definition) is 4. The van der Waals surface area contributed by atoms with Crippen LogP contribution >= 0.6 is 22.9 Å². The van der Waals surface area contributed by atoms with Crippen LogP contribution in [0.5, 0.6) is 0 Å². The number of halogens is 1. The highest BCUT2D eigenvalue weighted by Crippen LogP contribution is 2.34. The van der Waals surface area contributed by atoms with E-state index in [0.717, 1.165) is 23.6 Å². The first-order valence-electron chi connectivity index (χ1n) is 6.75. The summed E-state index contributed by atoms with van der Waals surface area (Å²) in [5.74, 6) is 0.765. The number of pyridine rings is 1. The Morgan fingerprint density at radius 3 is 2.85 bits per heavy atom. The molecule has 1 N–H and O–H groups in total. The standard InChI is InChI=1S/C14H16ClN3OS/c1-16-14(19)9-8-20-13-10(15)7-11(17-12(9)13)18-5-3-2-4-6-18/h7-8H,2-6H2,1H3,(H,16,19). The van der Waals surface area contributed by atoms with Gasteiger partial charge in [0.05, 0.1) is 20.8 Å². The molecular formula is C14H16ClN3OS. The van der Waals surface area contributed by atoms with Crippen molar-refractivity contribution in [2.75, 3.05) is 25.0 Å². The van der Waals surface area contributed by atoms with Crippen LogP contribution in [0.2, 0.25) is 5.02 Å². The third-order valence-electron chi connectivity index (χ3n) is 3.62. The van der Waals surface area contributed by atoms with Gasteiger partial charge in [0.2, 0.25) is 0 Å². The quantitative estimate of drug-likeness (QED) is 0.926. The molecule has 106 valence electrons. The highest BCUT2D eigenvalue weighted by atomic mass is 35.5. The van der Waals surface area contributed by atoms with E-state index >= 15 is 0 Å². The number of thiophene rings is 1. The number of piperidine rings is 1. The van der Waals surface area contributed by atoms with Crippen molar-refractivity contribution in [2.45, 2.75) is 19.3 Å². The fraction of sp³-hybridized carbons (Fsp3) is 0.429. The first-order valence-corrected chi connectivity index (χ1v) is 8.01. The van der Waals surface area contributed by atoms with Gasteiger partial charge in [-0.3, -0.25) is 4.79 Å². The summed E-state index contributed by atoms with van der Waals surface area (Å²) in [6.45, 7) is 2.02. The Bertz CT molecular complexity index is 649. The van der Waals surface area contributed by atoms with E-state index in [-0.39, 0.29) is 5.91 Å². The van der Waals surface area contributed by atoms with Gasteiger partial charge in [0, 0.05) is 31.6 Å². The van der Waals surface area contributed by atoms with Crippen LogP contribution in [0.4, 0.5) is 5.82 Å². The normalized spacial score (nSPS) is 15.6. The highest BCUT2D eigenvalue weighted by Gasteiger charge is 2.19. The van der Waals surface area contributed by atoms with E-state index in [9.17, 15) is 4.79 Å². The minimum Gasteiger partial charge on any atom is -0.357 e. The van der Waals surface area contributed by atoms with Gasteiger partial charge in [-0.2, -0.15) is 0 Å². The maximum Gasteiger partial charge on any atom is 0.254 e. The minimum absolute atomic E-state index is 0.115. The van der Waals surface area contributed by atoms with E-state index in [1.807, 2.05) is 11.4 Å². The smallest absolute Gasteiger partial charge is 0.254 e. The number of carbonyl (C=O) groups excluding carboxylic acids is 1. The molecular weight excluding hydrogens is 294 g/mol. The molecule has 0 aromatic carbocycles. The van der Waals surface area contributed by atoms with Crippen LogP contribution in [0.15, 0.2) is 11.4 Å². The van der Waals surface area contributed by atoms with Gasteiger partial charge in [-0.25, -0.2) is 4.98 Å². The number of hydrogen-bond donors (Lipinski definition) is 1. The number of amides is 1. The van der Waals surface area contributed by atoms with Crippen molar-refractivity contribution >= 4 is 44.9 Å². The molecule has 0 aliphatic carbocycles. The summed E-state index contributed by atoms with van der Waals surface area (Å²) < 4.78 is 0.881. The average molecular weight is 310 g/mol. The first kappa shape index (κ1) is 13.6. The van der Waals surface area contributed by atoms with Crippen molar-refractivity contribution in [1.82, 2.24) is 10.3 Å². The van der Waals surface area contributed by atoms with E-state index < -0.39 is 0 Å². The van der Waals surface area contributed by atoms with Gasteiger partial charge in [-0.05, 0) is 19.3 Å². The second-order valence-electron chi connectivity index (χ2n) is 4.92. The predicted molar refractivity (Wildman–Crippen MR) is 84.1 cm³/mol. The zero-order valence-electron chi connectivity index (χ0n) is 11.3. The van der Waals surface area contributed by atoms with Gasteiger partial charge >= 0.3 is 0 Å². The van der Waals surface area contributed by atoms with Crippen molar-refractivity contribution in [1.29, 1.82) is 0 Å². The Morgan fingerprint density at radius 1 is 1.40 bits per heavy atom. The minimum atomic E-state index is -0.115. The summed E-state index contributed by atoms with van der Waals surface area (Å²) in [5.41, 5.74) is 1.32. The van der Waals surface area contributed by atoms with Crippen molar-refractivity contribution in [3.8, 4) is 0 Å². The second-order valence-corrected chi connectivity index (χ2v) is 6.20. The van der Waals surface area contributed by atoms with Crippen LogP contribution in [-0.4, -0.2) is 31.0 Å². The van der Waals surface area contributed by atoms with Crippen molar-refractivity contribution in [3.05, 3.63) is 22.0 Å². The van der Waals surface area contributed by atoms with Crippen LogP contribution in [0, 0.1) is 0 Å². The number of fused-ring (bicyclic) bond motifs is 1. The summed E-state index contributed by atoms with van der Waals surface area (Å²) in [5, 5.41) is 5.15. The van der Waals surface area contributed by atoms with Crippen LogP contribution < -0.4 is 10.2 Å². The Labute approximate surface area is 126 Å². The summed E-state index contributed by atoms with van der Waals surface area (Å²) in [7, 11) is 1.63. The average Bonchev–Trinajstić information content (AvgIpc) is 2.92. The van der Waals surface area contributed by atoms with Crippen LogP contribution in [0.1, 0.15) is 29.6 Å². The van der Waals surface area contributed by atoms with Gasteiger partial charge < -0.3 is 10.2 Å². The Hall–Kier alpha value is -1.33. The summed E-state index contributed by atoms with van der Waals surface area (Å²) in [4.78, 5) is 18.8. The number of rotatable bonds is 2. The second kappa shape index (κ2) is 5.58.